The maximum absolute atomic E-state index is 5.46. The van der Waals surface area contributed by atoms with Crippen LogP contribution in [0.4, 0.5) is 0 Å². The minimum Gasteiger partial charge on any atom is -0.330 e. The van der Waals surface area contributed by atoms with Crippen molar-refractivity contribution in [2.45, 2.75) is 40.2 Å². The van der Waals surface area contributed by atoms with E-state index < -0.39 is 0 Å². The molecule has 0 aliphatic rings. The average Bonchev–Trinajstić information content (AvgIpc) is 1.97. The Hall–Kier alpha value is -0.0800. The lowest BCUT2D eigenvalue weighted by Crippen LogP contribution is -2.40. The van der Waals surface area contributed by atoms with Crippen LogP contribution in [0.2, 0.25) is 0 Å². The average molecular weight is 172 g/mol. The van der Waals surface area contributed by atoms with Crippen LogP contribution >= 0.6 is 0 Å². The molecule has 2 nitrogen and oxygen atoms in total. The van der Waals surface area contributed by atoms with Gasteiger partial charge >= 0.3 is 0 Å². The largest absolute Gasteiger partial charge is 0.330 e. The first-order chi connectivity index (χ1) is 5.39. The zero-order valence-electron chi connectivity index (χ0n) is 9.22. The Morgan fingerprint density at radius 1 is 1.33 bits per heavy atom. The molecular formula is C10H24N2. The van der Waals surface area contributed by atoms with Gasteiger partial charge in [-0.2, -0.15) is 0 Å². The molecule has 12 heavy (non-hydrogen) atoms. The Kier molecular flexibility index (Phi) is 4.80. The minimum absolute atomic E-state index is 0.364. The molecule has 0 amide bonds. The molecule has 0 spiro atoms. The standard InChI is InChI=1S/C10H24N2/c1-9(10(2,3)4)12(5)8-6-7-11/h9H,6-8,11H2,1-5H3. The fraction of sp³-hybridized carbons (Fsp3) is 1.00. The molecule has 2 heteroatoms. The predicted molar refractivity (Wildman–Crippen MR) is 55.2 cm³/mol. The van der Waals surface area contributed by atoms with E-state index in [-0.39, 0.29) is 0 Å². The van der Waals surface area contributed by atoms with Crippen LogP contribution in [0.5, 0.6) is 0 Å². The van der Waals surface area contributed by atoms with E-state index in [1.807, 2.05) is 0 Å². The van der Waals surface area contributed by atoms with Gasteiger partial charge in [-0.15, -0.1) is 0 Å². The molecule has 0 aromatic heterocycles. The van der Waals surface area contributed by atoms with E-state index in [1.165, 1.54) is 0 Å². The Morgan fingerprint density at radius 3 is 2.17 bits per heavy atom. The fourth-order valence-electron chi connectivity index (χ4n) is 1.20. The summed E-state index contributed by atoms with van der Waals surface area (Å²) in [7, 11) is 2.17. The monoisotopic (exact) mass is 172 g/mol. The molecule has 0 saturated heterocycles. The molecule has 0 fully saturated rings. The maximum atomic E-state index is 5.46. The van der Waals surface area contributed by atoms with Crippen LogP contribution in [0.3, 0.4) is 0 Å². The van der Waals surface area contributed by atoms with Crippen molar-refractivity contribution in [3.8, 4) is 0 Å². The van der Waals surface area contributed by atoms with Gasteiger partial charge in [-0.05, 0) is 38.9 Å². The van der Waals surface area contributed by atoms with Gasteiger partial charge in [-0.25, -0.2) is 0 Å². The molecule has 0 aliphatic carbocycles. The lowest BCUT2D eigenvalue weighted by atomic mass is 9.87. The van der Waals surface area contributed by atoms with Gasteiger partial charge in [0.15, 0.2) is 0 Å². The molecule has 0 heterocycles. The number of rotatable bonds is 4. The molecule has 1 unspecified atom stereocenters. The predicted octanol–water partition coefficient (Wildman–Crippen LogP) is 1.70. The molecule has 1 atom stereocenters. The van der Waals surface area contributed by atoms with Crippen LogP contribution in [0, 0.1) is 5.41 Å². The normalized spacial score (nSPS) is 15.2. The molecule has 2 N–H and O–H groups in total. The van der Waals surface area contributed by atoms with Gasteiger partial charge < -0.3 is 10.6 Å². The summed E-state index contributed by atoms with van der Waals surface area (Å²) in [6.45, 7) is 11.0. The molecule has 0 saturated carbocycles. The third kappa shape index (κ3) is 4.07. The molecule has 0 bridgehead atoms. The highest BCUT2D eigenvalue weighted by molar-refractivity contribution is 4.77. The van der Waals surface area contributed by atoms with E-state index in [9.17, 15) is 0 Å². The van der Waals surface area contributed by atoms with Gasteiger partial charge in [0.05, 0.1) is 0 Å². The summed E-state index contributed by atoms with van der Waals surface area (Å²) in [6.07, 6.45) is 1.09. The van der Waals surface area contributed by atoms with Gasteiger partial charge in [0, 0.05) is 6.04 Å². The van der Waals surface area contributed by atoms with Crippen LogP contribution < -0.4 is 5.73 Å². The Bertz CT molecular complexity index is 115. The number of nitrogens with zero attached hydrogens (tertiary/aromatic N) is 1. The number of nitrogens with two attached hydrogens (primary N) is 1. The summed E-state index contributed by atoms with van der Waals surface area (Å²) in [5.41, 5.74) is 5.82. The van der Waals surface area contributed by atoms with Crippen LogP contribution in [0.25, 0.3) is 0 Å². The smallest absolute Gasteiger partial charge is 0.0112 e. The van der Waals surface area contributed by atoms with Crippen molar-refractivity contribution in [3.05, 3.63) is 0 Å². The molecule has 74 valence electrons. The van der Waals surface area contributed by atoms with E-state index in [4.69, 9.17) is 5.73 Å². The highest BCUT2D eigenvalue weighted by atomic mass is 15.1. The molecular weight excluding hydrogens is 148 g/mol. The van der Waals surface area contributed by atoms with Crippen LogP contribution in [-0.4, -0.2) is 31.1 Å². The molecule has 0 radical (unpaired) electrons. The van der Waals surface area contributed by atoms with Crippen molar-refractivity contribution in [3.63, 3.8) is 0 Å². The van der Waals surface area contributed by atoms with Gasteiger partial charge in [-0.1, -0.05) is 20.8 Å². The molecule has 0 aliphatic heterocycles. The second-order valence-electron chi connectivity index (χ2n) is 4.66. The summed E-state index contributed by atoms with van der Waals surface area (Å²) in [4.78, 5) is 2.38. The van der Waals surface area contributed by atoms with E-state index in [2.05, 4.69) is 39.6 Å². The Labute approximate surface area is 77.1 Å². The van der Waals surface area contributed by atoms with Crippen molar-refractivity contribution in [2.75, 3.05) is 20.1 Å². The lowest BCUT2D eigenvalue weighted by molar-refractivity contribution is 0.140. The van der Waals surface area contributed by atoms with E-state index in [0.29, 0.717) is 11.5 Å². The van der Waals surface area contributed by atoms with Gasteiger partial charge in [0.2, 0.25) is 0 Å². The Morgan fingerprint density at radius 2 is 1.83 bits per heavy atom. The van der Waals surface area contributed by atoms with Gasteiger partial charge in [0.1, 0.15) is 0 Å². The van der Waals surface area contributed by atoms with Crippen LogP contribution in [0.1, 0.15) is 34.1 Å². The number of hydrogen-bond donors (Lipinski definition) is 1. The summed E-state index contributed by atoms with van der Waals surface area (Å²) in [5, 5.41) is 0. The van der Waals surface area contributed by atoms with Crippen molar-refractivity contribution in [1.29, 1.82) is 0 Å². The zero-order chi connectivity index (χ0) is 9.78. The summed E-state index contributed by atoms with van der Waals surface area (Å²) >= 11 is 0. The van der Waals surface area contributed by atoms with Crippen LogP contribution in [-0.2, 0) is 0 Å². The van der Waals surface area contributed by atoms with Crippen molar-refractivity contribution in [2.24, 2.45) is 11.1 Å². The second-order valence-corrected chi connectivity index (χ2v) is 4.66. The summed E-state index contributed by atoms with van der Waals surface area (Å²) in [5.74, 6) is 0. The number of hydrogen-bond acceptors (Lipinski definition) is 2. The molecule has 0 rings (SSSR count). The van der Waals surface area contributed by atoms with Crippen LogP contribution in [0.15, 0.2) is 0 Å². The van der Waals surface area contributed by atoms with Gasteiger partial charge in [-0.3, -0.25) is 0 Å². The third-order valence-electron chi connectivity index (χ3n) is 2.63. The topological polar surface area (TPSA) is 29.3 Å². The highest BCUT2D eigenvalue weighted by Crippen LogP contribution is 2.22. The van der Waals surface area contributed by atoms with Crippen molar-refractivity contribution in [1.82, 2.24) is 4.90 Å². The first-order valence-electron chi connectivity index (χ1n) is 4.80. The van der Waals surface area contributed by atoms with E-state index in [1.54, 1.807) is 0 Å². The quantitative estimate of drug-likeness (QED) is 0.699. The Balaban J connectivity index is 3.84. The minimum atomic E-state index is 0.364. The second kappa shape index (κ2) is 4.83. The van der Waals surface area contributed by atoms with Crippen molar-refractivity contribution >= 4 is 0 Å². The molecule has 0 aromatic rings. The maximum Gasteiger partial charge on any atom is 0.0112 e. The van der Waals surface area contributed by atoms with E-state index >= 15 is 0 Å². The zero-order valence-corrected chi connectivity index (χ0v) is 9.22. The molecule has 0 aromatic carbocycles. The first kappa shape index (κ1) is 11.9. The lowest BCUT2D eigenvalue weighted by Gasteiger charge is -2.35. The SMILES string of the molecule is CC(N(C)CCCN)C(C)(C)C. The first-order valence-corrected chi connectivity index (χ1v) is 4.80. The van der Waals surface area contributed by atoms with Gasteiger partial charge in [0.25, 0.3) is 0 Å². The highest BCUT2D eigenvalue weighted by Gasteiger charge is 2.22. The van der Waals surface area contributed by atoms with E-state index in [0.717, 1.165) is 19.5 Å². The fourth-order valence-corrected chi connectivity index (χ4v) is 1.20. The summed E-state index contributed by atoms with van der Waals surface area (Å²) in [6, 6.07) is 0.615. The summed E-state index contributed by atoms with van der Waals surface area (Å²) < 4.78 is 0. The van der Waals surface area contributed by atoms with Crippen molar-refractivity contribution < 1.29 is 0 Å². The third-order valence-corrected chi connectivity index (χ3v) is 2.63.